The van der Waals surface area contributed by atoms with Crippen molar-refractivity contribution in [2.45, 2.75) is 25.8 Å². The molecule has 1 aliphatic rings. The molecule has 25 heavy (non-hydrogen) atoms. The van der Waals surface area contributed by atoms with Crippen LogP contribution in [0.1, 0.15) is 35.2 Å². The van der Waals surface area contributed by atoms with Gasteiger partial charge in [-0.1, -0.05) is 36.8 Å². The molecular weight excluding hydrogens is 312 g/mol. The second-order valence-corrected chi connectivity index (χ2v) is 6.62. The molecule has 4 rings (SSSR count). The highest BCUT2D eigenvalue weighted by Crippen LogP contribution is 2.21. The number of H-pyrrole nitrogens is 1. The number of benzene rings is 2. The number of aromatic nitrogens is 1. The fourth-order valence-corrected chi connectivity index (χ4v) is 3.44. The Hall–Kier alpha value is -2.59. The van der Waals surface area contributed by atoms with Crippen LogP contribution in [0.5, 0.6) is 5.75 Å². The molecule has 2 heterocycles. The van der Waals surface area contributed by atoms with Crippen molar-refractivity contribution in [1.29, 1.82) is 0 Å². The summed E-state index contributed by atoms with van der Waals surface area (Å²) in [7, 11) is 0. The zero-order valence-electron chi connectivity index (χ0n) is 14.2. The highest BCUT2D eigenvalue weighted by molar-refractivity contribution is 6.04. The van der Waals surface area contributed by atoms with E-state index in [1.807, 2.05) is 48.5 Å². The standard InChI is InChI=1S/C21H22N2O2/c24-21(19-14-22-20-7-3-2-6-18(19)20)25-17-10-8-16(9-11-17)15-23-12-4-1-5-13-23/h2-3,6-11,14,22H,1,4-5,12-13,15H2. The number of nitrogens with one attached hydrogen (secondary N) is 1. The highest BCUT2D eigenvalue weighted by atomic mass is 16.5. The van der Waals surface area contributed by atoms with Crippen molar-refractivity contribution >= 4 is 16.9 Å². The maximum atomic E-state index is 12.4. The second kappa shape index (κ2) is 7.11. The first-order valence-electron chi connectivity index (χ1n) is 8.89. The number of ether oxygens (including phenoxy) is 1. The molecule has 0 bridgehead atoms. The Morgan fingerprint density at radius 3 is 2.56 bits per heavy atom. The summed E-state index contributed by atoms with van der Waals surface area (Å²) >= 11 is 0. The normalized spacial score (nSPS) is 15.4. The fraction of sp³-hybridized carbons (Fsp3) is 0.286. The van der Waals surface area contributed by atoms with Crippen LogP contribution in [0.4, 0.5) is 0 Å². The van der Waals surface area contributed by atoms with Gasteiger partial charge in [0.1, 0.15) is 5.75 Å². The lowest BCUT2D eigenvalue weighted by molar-refractivity contribution is 0.0737. The van der Waals surface area contributed by atoms with E-state index in [9.17, 15) is 4.79 Å². The molecule has 0 saturated carbocycles. The van der Waals surface area contributed by atoms with Gasteiger partial charge in [-0.15, -0.1) is 0 Å². The molecule has 1 N–H and O–H groups in total. The molecule has 1 aromatic heterocycles. The molecule has 0 amide bonds. The number of carbonyl (C=O) groups excluding carboxylic acids is 1. The molecule has 0 aliphatic carbocycles. The molecule has 3 aromatic rings. The van der Waals surface area contributed by atoms with Crippen LogP contribution in [0.3, 0.4) is 0 Å². The number of nitrogens with zero attached hydrogens (tertiary/aromatic N) is 1. The number of esters is 1. The summed E-state index contributed by atoms with van der Waals surface area (Å²) in [5, 5.41) is 0.884. The van der Waals surface area contributed by atoms with Gasteiger partial charge in [-0.25, -0.2) is 4.79 Å². The Morgan fingerprint density at radius 1 is 1.00 bits per heavy atom. The summed E-state index contributed by atoms with van der Waals surface area (Å²) < 4.78 is 5.54. The van der Waals surface area contributed by atoms with Crippen molar-refractivity contribution in [2.75, 3.05) is 13.1 Å². The van der Waals surface area contributed by atoms with Gasteiger partial charge in [0.05, 0.1) is 5.56 Å². The predicted octanol–water partition coefficient (Wildman–Crippen LogP) is 4.37. The van der Waals surface area contributed by atoms with Crippen molar-refractivity contribution in [1.82, 2.24) is 9.88 Å². The monoisotopic (exact) mass is 334 g/mol. The van der Waals surface area contributed by atoms with Gasteiger partial charge in [0.25, 0.3) is 0 Å². The summed E-state index contributed by atoms with van der Waals surface area (Å²) in [6.07, 6.45) is 5.64. The van der Waals surface area contributed by atoms with Crippen LogP contribution in [0.15, 0.2) is 54.7 Å². The van der Waals surface area contributed by atoms with E-state index in [0.29, 0.717) is 11.3 Å². The van der Waals surface area contributed by atoms with Crippen molar-refractivity contribution in [2.24, 2.45) is 0 Å². The second-order valence-electron chi connectivity index (χ2n) is 6.62. The minimum atomic E-state index is -0.332. The molecule has 0 radical (unpaired) electrons. The number of hydrogen-bond donors (Lipinski definition) is 1. The van der Waals surface area contributed by atoms with E-state index in [1.54, 1.807) is 6.20 Å². The molecule has 2 aromatic carbocycles. The summed E-state index contributed by atoms with van der Waals surface area (Å²) in [6.45, 7) is 3.32. The number of aromatic amines is 1. The maximum Gasteiger partial charge on any atom is 0.345 e. The van der Waals surface area contributed by atoms with Crippen LogP contribution >= 0.6 is 0 Å². The van der Waals surface area contributed by atoms with Crippen LogP contribution < -0.4 is 4.74 Å². The van der Waals surface area contributed by atoms with Gasteiger partial charge < -0.3 is 9.72 Å². The van der Waals surface area contributed by atoms with Gasteiger partial charge in [0, 0.05) is 23.6 Å². The van der Waals surface area contributed by atoms with Crippen LogP contribution in [-0.2, 0) is 6.54 Å². The van der Waals surface area contributed by atoms with E-state index in [2.05, 4.69) is 9.88 Å². The number of likely N-dealkylation sites (tertiary alicyclic amines) is 1. The van der Waals surface area contributed by atoms with E-state index in [4.69, 9.17) is 4.74 Å². The van der Waals surface area contributed by atoms with Crippen LogP contribution in [0.2, 0.25) is 0 Å². The molecule has 0 unspecified atom stereocenters. The summed E-state index contributed by atoms with van der Waals surface area (Å²) in [4.78, 5) is 18.0. The van der Waals surface area contributed by atoms with Gasteiger partial charge in [-0.05, 0) is 49.7 Å². The Labute approximate surface area is 147 Å². The molecule has 4 nitrogen and oxygen atoms in total. The third-order valence-electron chi connectivity index (χ3n) is 4.80. The Morgan fingerprint density at radius 2 is 1.76 bits per heavy atom. The molecule has 1 fully saturated rings. The molecule has 1 aliphatic heterocycles. The van der Waals surface area contributed by atoms with Gasteiger partial charge in [0.15, 0.2) is 0 Å². The summed E-state index contributed by atoms with van der Waals surface area (Å²) in [5.41, 5.74) is 2.76. The van der Waals surface area contributed by atoms with Crippen molar-refractivity contribution < 1.29 is 9.53 Å². The minimum Gasteiger partial charge on any atom is -0.423 e. The fourth-order valence-electron chi connectivity index (χ4n) is 3.44. The molecular formula is C21H22N2O2. The number of piperidine rings is 1. The van der Waals surface area contributed by atoms with Crippen LogP contribution in [0.25, 0.3) is 10.9 Å². The Balaban J connectivity index is 1.43. The summed E-state index contributed by atoms with van der Waals surface area (Å²) in [5.74, 6) is 0.249. The molecule has 0 atom stereocenters. The average Bonchev–Trinajstić information content (AvgIpc) is 3.08. The first-order chi connectivity index (χ1) is 12.3. The van der Waals surface area contributed by atoms with Crippen molar-refractivity contribution in [3.8, 4) is 5.75 Å². The van der Waals surface area contributed by atoms with E-state index >= 15 is 0 Å². The smallest absolute Gasteiger partial charge is 0.345 e. The number of hydrogen-bond acceptors (Lipinski definition) is 3. The summed E-state index contributed by atoms with van der Waals surface area (Å²) in [6, 6.07) is 15.6. The van der Waals surface area contributed by atoms with Crippen LogP contribution in [0, 0.1) is 0 Å². The average molecular weight is 334 g/mol. The molecule has 4 heteroatoms. The van der Waals surface area contributed by atoms with Crippen molar-refractivity contribution in [3.63, 3.8) is 0 Å². The quantitative estimate of drug-likeness (QED) is 0.569. The number of para-hydroxylation sites is 1. The number of fused-ring (bicyclic) bond motifs is 1. The number of rotatable bonds is 4. The van der Waals surface area contributed by atoms with Crippen molar-refractivity contribution in [3.05, 3.63) is 65.9 Å². The van der Waals surface area contributed by atoms with Crippen LogP contribution in [-0.4, -0.2) is 28.9 Å². The third-order valence-corrected chi connectivity index (χ3v) is 4.80. The van der Waals surface area contributed by atoms with Gasteiger partial charge in [-0.2, -0.15) is 0 Å². The Kier molecular flexibility index (Phi) is 4.53. The third kappa shape index (κ3) is 3.59. The van der Waals surface area contributed by atoms with E-state index < -0.39 is 0 Å². The molecule has 1 saturated heterocycles. The predicted molar refractivity (Wildman–Crippen MR) is 98.8 cm³/mol. The highest BCUT2D eigenvalue weighted by Gasteiger charge is 2.14. The van der Waals surface area contributed by atoms with Gasteiger partial charge >= 0.3 is 5.97 Å². The maximum absolute atomic E-state index is 12.4. The lowest BCUT2D eigenvalue weighted by Crippen LogP contribution is -2.29. The lowest BCUT2D eigenvalue weighted by Gasteiger charge is -2.26. The lowest BCUT2D eigenvalue weighted by atomic mass is 10.1. The first-order valence-corrected chi connectivity index (χ1v) is 8.89. The minimum absolute atomic E-state index is 0.332. The van der Waals surface area contributed by atoms with E-state index in [0.717, 1.165) is 17.4 Å². The molecule has 0 spiro atoms. The van der Waals surface area contributed by atoms with Gasteiger partial charge in [0.2, 0.25) is 0 Å². The number of carbonyl (C=O) groups is 1. The first kappa shape index (κ1) is 15.9. The van der Waals surface area contributed by atoms with E-state index in [1.165, 1.54) is 37.9 Å². The largest absolute Gasteiger partial charge is 0.423 e. The topological polar surface area (TPSA) is 45.3 Å². The Bertz CT molecular complexity index is 861. The zero-order chi connectivity index (χ0) is 17.1. The van der Waals surface area contributed by atoms with Gasteiger partial charge in [-0.3, -0.25) is 4.90 Å². The molecule has 128 valence electrons. The zero-order valence-corrected chi connectivity index (χ0v) is 14.2. The van der Waals surface area contributed by atoms with E-state index in [-0.39, 0.29) is 5.97 Å². The SMILES string of the molecule is O=C(Oc1ccc(CN2CCCCC2)cc1)c1c[nH]c2ccccc12.